The summed E-state index contributed by atoms with van der Waals surface area (Å²) in [7, 11) is 0. The van der Waals surface area contributed by atoms with Gasteiger partial charge in [-0.2, -0.15) is 0 Å². The van der Waals surface area contributed by atoms with Crippen LogP contribution in [0, 0.1) is 10.1 Å². The number of nitrogens with one attached hydrogen (secondary N) is 1. The lowest BCUT2D eigenvalue weighted by atomic mass is 10.1. The second-order valence-corrected chi connectivity index (χ2v) is 4.30. The Morgan fingerprint density at radius 3 is 2.90 bits per heavy atom. The summed E-state index contributed by atoms with van der Waals surface area (Å²) in [4.78, 5) is 21.5. The Kier molecular flexibility index (Phi) is 4.49. The molecule has 0 aromatic heterocycles. The van der Waals surface area contributed by atoms with Crippen molar-refractivity contribution < 1.29 is 19.2 Å². The molecule has 2 rings (SSSR count). The quantitative estimate of drug-likeness (QED) is 0.600. The molecule has 1 aromatic rings. The third-order valence-corrected chi connectivity index (χ3v) is 2.88. The summed E-state index contributed by atoms with van der Waals surface area (Å²) in [6, 6.07) is 3.94. The van der Waals surface area contributed by atoms with E-state index in [1.54, 1.807) is 0 Å². The molecule has 1 atom stereocenters. The van der Waals surface area contributed by atoms with Crippen molar-refractivity contribution in [3.05, 3.63) is 33.9 Å². The van der Waals surface area contributed by atoms with E-state index in [0.29, 0.717) is 26.4 Å². The summed E-state index contributed by atoms with van der Waals surface area (Å²) >= 11 is 0. The van der Waals surface area contributed by atoms with Crippen LogP contribution in [0.15, 0.2) is 18.2 Å². The van der Waals surface area contributed by atoms with E-state index in [1.807, 2.05) is 0 Å². The summed E-state index contributed by atoms with van der Waals surface area (Å²) in [6.45, 7) is 1.82. The zero-order valence-corrected chi connectivity index (χ0v) is 10.7. The first kappa shape index (κ1) is 14.2. The summed E-state index contributed by atoms with van der Waals surface area (Å²) in [5, 5.41) is 13.9. The predicted molar refractivity (Wildman–Crippen MR) is 70.7 cm³/mol. The van der Waals surface area contributed by atoms with Crippen LogP contribution in [-0.2, 0) is 9.47 Å². The number of amides is 1. The smallest absolute Gasteiger partial charge is 0.292 e. The zero-order valence-electron chi connectivity index (χ0n) is 10.7. The maximum atomic E-state index is 11.1. The molecule has 8 heteroatoms. The summed E-state index contributed by atoms with van der Waals surface area (Å²) in [5.41, 5.74) is 5.49. The minimum Gasteiger partial charge on any atom is -0.377 e. The highest BCUT2D eigenvalue weighted by molar-refractivity contribution is 5.94. The van der Waals surface area contributed by atoms with Crippen molar-refractivity contribution >= 4 is 17.3 Å². The van der Waals surface area contributed by atoms with E-state index in [0.717, 1.165) is 0 Å². The number of nitrogens with two attached hydrogens (primary N) is 1. The van der Waals surface area contributed by atoms with Gasteiger partial charge in [0.05, 0.1) is 30.8 Å². The van der Waals surface area contributed by atoms with Crippen LogP contribution in [0.2, 0.25) is 0 Å². The van der Waals surface area contributed by atoms with Crippen LogP contribution >= 0.6 is 0 Å². The minimum absolute atomic E-state index is 0.119. The molecule has 1 fully saturated rings. The van der Waals surface area contributed by atoms with Gasteiger partial charge in [-0.05, 0) is 12.1 Å². The number of rotatable bonds is 5. The van der Waals surface area contributed by atoms with Crippen LogP contribution in [0.5, 0.6) is 0 Å². The molecule has 1 saturated heterocycles. The van der Waals surface area contributed by atoms with Crippen LogP contribution in [-0.4, -0.2) is 43.3 Å². The Morgan fingerprint density at radius 1 is 1.50 bits per heavy atom. The molecule has 1 unspecified atom stereocenters. The SMILES string of the molecule is NC(=O)c1ccc([N+](=O)[O-])c(NCC2COCCO2)c1. The average Bonchev–Trinajstić information content (AvgIpc) is 2.45. The van der Waals surface area contributed by atoms with Crippen molar-refractivity contribution in [3.63, 3.8) is 0 Å². The maximum absolute atomic E-state index is 11.1. The molecule has 1 aliphatic heterocycles. The molecule has 1 aliphatic rings. The third-order valence-electron chi connectivity index (χ3n) is 2.88. The summed E-state index contributed by atoms with van der Waals surface area (Å²) < 4.78 is 10.7. The van der Waals surface area contributed by atoms with Crippen LogP contribution in [0.3, 0.4) is 0 Å². The summed E-state index contributed by atoms with van der Waals surface area (Å²) in [5.74, 6) is -0.639. The number of hydrogen-bond acceptors (Lipinski definition) is 6. The Morgan fingerprint density at radius 2 is 2.30 bits per heavy atom. The van der Waals surface area contributed by atoms with Crippen LogP contribution < -0.4 is 11.1 Å². The molecule has 3 N–H and O–H groups in total. The first-order valence-electron chi connectivity index (χ1n) is 6.09. The molecule has 1 heterocycles. The van der Waals surface area contributed by atoms with Crippen LogP contribution in [0.25, 0.3) is 0 Å². The number of ether oxygens (including phenoxy) is 2. The molecular formula is C12H15N3O5. The van der Waals surface area contributed by atoms with Crippen molar-refractivity contribution in [2.24, 2.45) is 5.73 Å². The van der Waals surface area contributed by atoms with Gasteiger partial charge in [-0.25, -0.2) is 0 Å². The van der Waals surface area contributed by atoms with Gasteiger partial charge in [-0.15, -0.1) is 0 Å². The number of nitro benzene ring substituents is 1. The van der Waals surface area contributed by atoms with Gasteiger partial charge in [0.1, 0.15) is 5.69 Å². The summed E-state index contributed by atoms with van der Waals surface area (Å²) in [6.07, 6.45) is -0.180. The fourth-order valence-corrected chi connectivity index (χ4v) is 1.87. The number of anilines is 1. The molecule has 1 aromatic carbocycles. The number of hydrogen-bond donors (Lipinski definition) is 2. The van der Waals surface area contributed by atoms with Crippen molar-refractivity contribution in [1.82, 2.24) is 0 Å². The van der Waals surface area contributed by atoms with Crippen molar-refractivity contribution in [1.29, 1.82) is 0 Å². The van der Waals surface area contributed by atoms with Gasteiger partial charge >= 0.3 is 0 Å². The molecule has 0 bridgehead atoms. The van der Waals surface area contributed by atoms with Gasteiger partial charge in [0.25, 0.3) is 5.69 Å². The number of benzene rings is 1. The van der Waals surface area contributed by atoms with E-state index in [4.69, 9.17) is 15.2 Å². The lowest BCUT2D eigenvalue weighted by Gasteiger charge is -2.23. The van der Waals surface area contributed by atoms with Crippen molar-refractivity contribution in [2.75, 3.05) is 31.7 Å². The maximum Gasteiger partial charge on any atom is 0.292 e. The largest absolute Gasteiger partial charge is 0.377 e. The molecule has 0 spiro atoms. The number of carbonyl (C=O) groups excluding carboxylic acids is 1. The first-order chi connectivity index (χ1) is 9.58. The van der Waals surface area contributed by atoms with Gasteiger partial charge in [-0.3, -0.25) is 14.9 Å². The molecular weight excluding hydrogens is 266 g/mol. The second-order valence-electron chi connectivity index (χ2n) is 4.30. The zero-order chi connectivity index (χ0) is 14.5. The van der Waals surface area contributed by atoms with E-state index >= 15 is 0 Å². The van der Waals surface area contributed by atoms with Gasteiger partial charge in [-0.1, -0.05) is 0 Å². The number of primary amides is 1. The fourth-order valence-electron chi connectivity index (χ4n) is 1.87. The van der Waals surface area contributed by atoms with Gasteiger partial charge in [0.15, 0.2) is 0 Å². The van der Waals surface area contributed by atoms with Gasteiger partial charge in [0, 0.05) is 18.2 Å². The second kappa shape index (κ2) is 6.31. The van der Waals surface area contributed by atoms with Crippen molar-refractivity contribution in [2.45, 2.75) is 6.10 Å². The molecule has 8 nitrogen and oxygen atoms in total. The predicted octanol–water partition coefficient (Wildman–Crippen LogP) is 0.521. The van der Waals surface area contributed by atoms with Gasteiger partial charge < -0.3 is 20.5 Å². The third kappa shape index (κ3) is 3.43. The lowest BCUT2D eigenvalue weighted by molar-refractivity contribution is -0.384. The van der Waals surface area contributed by atoms with Crippen LogP contribution in [0.4, 0.5) is 11.4 Å². The Balaban J connectivity index is 2.12. The molecule has 108 valence electrons. The molecule has 0 radical (unpaired) electrons. The molecule has 0 saturated carbocycles. The van der Waals surface area contributed by atoms with Crippen LogP contribution in [0.1, 0.15) is 10.4 Å². The number of nitrogens with zero attached hydrogens (tertiary/aromatic N) is 1. The average molecular weight is 281 g/mol. The molecule has 1 amide bonds. The van der Waals surface area contributed by atoms with Crippen molar-refractivity contribution in [3.8, 4) is 0 Å². The fraction of sp³-hybridized carbons (Fsp3) is 0.417. The van der Waals surface area contributed by atoms with E-state index in [2.05, 4.69) is 5.32 Å². The highest BCUT2D eigenvalue weighted by atomic mass is 16.6. The van der Waals surface area contributed by atoms with E-state index < -0.39 is 10.8 Å². The first-order valence-corrected chi connectivity index (χ1v) is 6.09. The monoisotopic (exact) mass is 281 g/mol. The highest BCUT2D eigenvalue weighted by Gasteiger charge is 2.19. The number of nitro groups is 1. The molecule has 0 aliphatic carbocycles. The topological polar surface area (TPSA) is 117 Å². The lowest BCUT2D eigenvalue weighted by Crippen LogP contribution is -2.34. The molecule has 20 heavy (non-hydrogen) atoms. The Hall–Kier alpha value is -2.19. The van der Waals surface area contributed by atoms with E-state index in [1.165, 1.54) is 18.2 Å². The highest BCUT2D eigenvalue weighted by Crippen LogP contribution is 2.25. The van der Waals surface area contributed by atoms with E-state index in [-0.39, 0.29) is 23.0 Å². The Bertz CT molecular complexity index is 514. The number of carbonyl (C=O) groups is 1. The Labute approximate surface area is 115 Å². The standard InChI is InChI=1S/C12H15N3O5/c13-12(16)8-1-2-11(15(17)18)10(5-8)14-6-9-7-19-3-4-20-9/h1-2,5,9,14H,3-4,6-7H2,(H2,13,16). The van der Waals surface area contributed by atoms with E-state index in [9.17, 15) is 14.9 Å². The minimum atomic E-state index is -0.639. The normalized spacial score (nSPS) is 18.5. The van der Waals surface area contributed by atoms with Gasteiger partial charge in [0.2, 0.25) is 5.91 Å².